The van der Waals surface area contributed by atoms with Crippen LogP contribution in [0.15, 0.2) is 42.5 Å². The zero-order valence-corrected chi connectivity index (χ0v) is 17.1. The van der Waals surface area contributed by atoms with Crippen molar-refractivity contribution in [1.29, 1.82) is 0 Å². The van der Waals surface area contributed by atoms with Gasteiger partial charge in [0.05, 0.1) is 11.6 Å². The fourth-order valence-corrected chi connectivity index (χ4v) is 4.16. The molecule has 0 saturated carbocycles. The van der Waals surface area contributed by atoms with Gasteiger partial charge in [0.2, 0.25) is 11.8 Å². The molecule has 7 nitrogen and oxygen atoms in total. The average Bonchev–Trinajstić information content (AvgIpc) is 3.25. The highest BCUT2D eigenvalue weighted by Gasteiger charge is 2.38. The van der Waals surface area contributed by atoms with Gasteiger partial charge in [0.15, 0.2) is 0 Å². The van der Waals surface area contributed by atoms with Crippen LogP contribution in [0.1, 0.15) is 38.2 Å². The molecule has 156 valence electrons. The van der Waals surface area contributed by atoms with Crippen LogP contribution in [0.5, 0.6) is 0 Å². The summed E-state index contributed by atoms with van der Waals surface area (Å²) in [5, 5.41) is 2.70. The molecule has 1 saturated heterocycles. The molecule has 3 amide bonds. The van der Waals surface area contributed by atoms with Crippen molar-refractivity contribution in [2.24, 2.45) is 0 Å². The van der Waals surface area contributed by atoms with Crippen molar-refractivity contribution in [3.05, 3.63) is 48.0 Å². The van der Waals surface area contributed by atoms with Crippen LogP contribution in [-0.2, 0) is 19.1 Å². The van der Waals surface area contributed by atoms with Crippen LogP contribution < -0.4 is 16.0 Å². The number of anilines is 2. The number of nitrogens with two attached hydrogens (primary N) is 1. The van der Waals surface area contributed by atoms with E-state index in [1.807, 2.05) is 24.3 Å². The van der Waals surface area contributed by atoms with Gasteiger partial charge in [-0.25, -0.2) is 4.90 Å². The van der Waals surface area contributed by atoms with Crippen LogP contribution in [0.2, 0.25) is 0 Å². The molecule has 7 heteroatoms. The molecule has 3 N–H and O–H groups in total. The highest BCUT2D eigenvalue weighted by Crippen LogP contribution is 2.44. The molecule has 1 fully saturated rings. The Morgan fingerprint density at radius 3 is 2.70 bits per heavy atom. The van der Waals surface area contributed by atoms with Gasteiger partial charge in [-0.3, -0.25) is 14.4 Å². The van der Waals surface area contributed by atoms with Crippen LogP contribution in [0.3, 0.4) is 0 Å². The second-order valence-corrected chi connectivity index (χ2v) is 7.79. The quantitative estimate of drug-likeness (QED) is 0.762. The SMILES string of the molecule is CC1C(=O)N(C(=O)[C@H](C)NC(=O)C2CCCO2)c2cccc(N)c2-c2ccccc21. The summed E-state index contributed by atoms with van der Waals surface area (Å²) in [6, 6.07) is 11.8. The fraction of sp³-hybridized carbons (Fsp3) is 0.348. The molecule has 0 aliphatic carbocycles. The Morgan fingerprint density at radius 1 is 1.20 bits per heavy atom. The van der Waals surface area contributed by atoms with Crippen LogP contribution in [-0.4, -0.2) is 36.5 Å². The first kappa shape index (κ1) is 20.1. The number of amides is 3. The maximum absolute atomic E-state index is 13.4. The zero-order valence-electron chi connectivity index (χ0n) is 17.1. The number of benzene rings is 2. The van der Waals surface area contributed by atoms with Crippen molar-refractivity contribution >= 4 is 29.1 Å². The van der Waals surface area contributed by atoms with E-state index in [1.165, 1.54) is 0 Å². The third-order valence-electron chi connectivity index (χ3n) is 5.77. The Kier molecular flexibility index (Phi) is 5.30. The third kappa shape index (κ3) is 3.35. The van der Waals surface area contributed by atoms with Crippen molar-refractivity contribution in [2.45, 2.75) is 44.8 Å². The van der Waals surface area contributed by atoms with Crippen molar-refractivity contribution < 1.29 is 19.1 Å². The van der Waals surface area contributed by atoms with Crippen LogP contribution in [0.4, 0.5) is 11.4 Å². The standard InChI is InChI=1S/C23H25N3O4/c1-13-15-7-3-4-8-16(15)20-17(24)9-5-10-18(20)26(22(13)28)23(29)14(2)25-21(27)19-11-6-12-30-19/h3-5,7-10,13-14,19H,6,11-12,24H2,1-2H3,(H,25,27)/t13?,14-,19?/m0/s1. The van der Waals surface area contributed by atoms with Crippen molar-refractivity contribution in [3.63, 3.8) is 0 Å². The summed E-state index contributed by atoms with van der Waals surface area (Å²) in [5.74, 6) is -1.73. The Balaban J connectivity index is 1.73. The third-order valence-corrected chi connectivity index (χ3v) is 5.77. The average molecular weight is 407 g/mol. The van der Waals surface area contributed by atoms with Crippen molar-refractivity contribution in [3.8, 4) is 11.1 Å². The van der Waals surface area contributed by atoms with Crippen LogP contribution in [0, 0.1) is 0 Å². The number of fused-ring (bicyclic) bond motifs is 3. The lowest BCUT2D eigenvalue weighted by Gasteiger charge is -2.27. The van der Waals surface area contributed by atoms with E-state index in [0.717, 1.165) is 22.4 Å². The normalized spacial score (nSPS) is 21.4. The second kappa shape index (κ2) is 7.91. The Morgan fingerprint density at radius 2 is 1.97 bits per heavy atom. The highest BCUT2D eigenvalue weighted by atomic mass is 16.5. The molecule has 2 unspecified atom stereocenters. The Hall–Kier alpha value is -3.19. The summed E-state index contributed by atoms with van der Waals surface area (Å²) >= 11 is 0. The number of rotatable bonds is 3. The van der Waals surface area contributed by atoms with Crippen molar-refractivity contribution in [1.82, 2.24) is 5.32 Å². The van der Waals surface area contributed by atoms with E-state index < -0.39 is 24.0 Å². The van der Waals surface area contributed by atoms with Gasteiger partial charge in [0, 0.05) is 17.9 Å². The van der Waals surface area contributed by atoms with E-state index in [9.17, 15) is 14.4 Å². The minimum atomic E-state index is -0.895. The molecular formula is C23H25N3O4. The summed E-state index contributed by atoms with van der Waals surface area (Å²) in [7, 11) is 0. The van der Waals surface area contributed by atoms with Gasteiger partial charge >= 0.3 is 0 Å². The van der Waals surface area contributed by atoms with Crippen LogP contribution >= 0.6 is 0 Å². The minimum absolute atomic E-state index is 0.334. The molecule has 2 heterocycles. The molecule has 0 bridgehead atoms. The topological polar surface area (TPSA) is 102 Å². The lowest BCUT2D eigenvalue weighted by Crippen LogP contribution is -2.52. The second-order valence-electron chi connectivity index (χ2n) is 7.79. The number of carbonyl (C=O) groups is 3. The predicted octanol–water partition coefficient (Wildman–Crippen LogP) is 2.60. The molecular weight excluding hydrogens is 382 g/mol. The molecule has 0 spiro atoms. The van der Waals surface area contributed by atoms with E-state index in [4.69, 9.17) is 10.5 Å². The minimum Gasteiger partial charge on any atom is -0.398 e. The van der Waals surface area contributed by atoms with E-state index in [0.29, 0.717) is 30.0 Å². The molecule has 30 heavy (non-hydrogen) atoms. The molecule has 2 aromatic carbocycles. The first-order valence-electron chi connectivity index (χ1n) is 10.2. The largest absolute Gasteiger partial charge is 0.398 e. The number of imide groups is 1. The highest BCUT2D eigenvalue weighted by molar-refractivity contribution is 6.22. The van der Waals surface area contributed by atoms with Gasteiger partial charge < -0.3 is 15.8 Å². The lowest BCUT2D eigenvalue weighted by molar-refractivity contribution is -0.135. The molecule has 2 aliphatic heterocycles. The number of nitrogens with one attached hydrogen (secondary N) is 1. The van der Waals surface area contributed by atoms with Crippen LogP contribution in [0.25, 0.3) is 11.1 Å². The summed E-state index contributed by atoms with van der Waals surface area (Å²) in [6.07, 6.45) is 0.889. The number of carbonyl (C=O) groups excluding carboxylic acids is 3. The summed E-state index contributed by atoms with van der Waals surface area (Å²) in [4.78, 5) is 40.4. The monoisotopic (exact) mass is 407 g/mol. The summed E-state index contributed by atoms with van der Waals surface area (Å²) < 4.78 is 5.39. The number of nitrogens with zero attached hydrogens (tertiary/aromatic N) is 1. The molecule has 2 aromatic rings. The van der Waals surface area contributed by atoms with Crippen molar-refractivity contribution in [2.75, 3.05) is 17.2 Å². The van der Waals surface area contributed by atoms with E-state index in [1.54, 1.807) is 32.0 Å². The smallest absolute Gasteiger partial charge is 0.256 e. The summed E-state index contributed by atoms with van der Waals surface area (Å²) in [6.45, 7) is 3.89. The van der Waals surface area contributed by atoms with Gasteiger partial charge in [-0.05, 0) is 49.9 Å². The fourth-order valence-electron chi connectivity index (χ4n) is 4.16. The maximum Gasteiger partial charge on any atom is 0.256 e. The van der Waals surface area contributed by atoms with E-state index in [2.05, 4.69) is 5.32 Å². The number of hydrogen-bond donors (Lipinski definition) is 2. The van der Waals surface area contributed by atoms with E-state index in [-0.39, 0.29) is 11.8 Å². The molecule has 4 rings (SSSR count). The molecule has 2 aliphatic rings. The number of ether oxygens (including phenoxy) is 1. The Bertz CT molecular complexity index is 1010. The number of hydrogen-bond acceptors (Lipinski definition) is 5. The first-order valence-corrected chi connectivity index (χ1v) is 10.2. The number of nitrogen functional groups attached to an aromatic ring is 1. The predicted molar refractivity (Wildman–Crippen MR) is 114 cm³/mol. The van der Waals surface area contributed by atoms with Gasteiger partial charge in [0.25, 0.3) is 5.91 Å². The van der Waals surface area contributed by atoms with E-state index >= 15 is 0 Å². The molecule has 0 radical (unpaired) electrons. The van der Waals surface area contributed by atoms with Gasteiger partial charge in [-0.1, -0.05) is 30.3 Å². The lowest BCUT2D eigenvalue weighted by atomic mass is 9.92. The molecule has 0 aromatic heterocycles. The van der Waals surface area contributed by atoms with Gasteiger partial charge in [0.1, 0.15) is 12.1 Å². The zero-order chi connectivity index (χ0) is 21.4. The maximum atomic E-state index is 13.4. The summed E-state index contributed by atoms with van der Waals surface area (Å²) in [5.41, 5.74) is 9.49. The Labute approximate surface area is 175 Å². The molecule has 3 atom stereocenters. The first-order chi connectivity index (χ1) is 14.4. The van der Waals surface area contributed by atoms with Gasteiger partial charge in [-0.2, -0.15) is 0 Å². The van der Waals surface area contributed by atoms with Gasteiger partial charge in [-0.15, -0.1) is 0 Å².